The molecule has 0 aliphatic carbocycles. The zero-order valence-electron chi connectivity index (χ0n) is 25.8. The topological polar surface area (TPSA) is 277 Å². The minimum Gasteiger partial charge on any atom is -0.684 e. The van der Waals surface area contributed by atoms with Crippen LogP contribution in [0.3, 0.4) is 0 Å². The van der Waals surface area contributed by atoms with Crippen LogP contribution in [-0.4, -0.2) is 0 Å². The van der Waals surface area contributed by atoms with Gasteiger partial charge >= 0.3 is 98.9 Å². The van der Waals surface area contributed by atoms with Crippen molar-refractivity contribution >= 4 is 53.0 Å². The molecule has 0 aromatic heterocycles. The van der Waals surface area contributed by atoms with Gasteiger partial charge in [-0.3, -0.25) is 0 Å². The van der Waals surface area contributed by atoms with Crippen molar-refractivity contribution in [3.05, 3.63) is 119 Å². The van der Waals surface area contributed by atoms with Crippen LogP contribution in [-0.2, 0) is 98.9 Å². The van der Waals surface area contributed by atoms with Gasteiger partial charge in [-0.1, -0.05) is 70.8 Å². The number of benzene rings is 4. The molecule has 0 amide bonds. The summed E-state index contributed by atoms with van der Waals surface area (Å²) in [6.07, 6.45) is 0. The molecule has 0 spiro atoms. The third kappa shape index (κ3) is 26.8. The van der Waals surface area contributed by atoms with Gasteiger partial charge in [0, 0.05) is 0 Å². The van der Waals surface area contributed by atoms with Crippen LogP contribution < -0.4 is 79.9 Å². The van der Waals surface area contributed by atoms with E-state index in [1.165, 1.54) is 48.5 Å². The fourth-order valence-electron chi connectivity index (χ4n) is 2.91. The molecule has 0 saturated heterocycles. The van der Waals surface area contributed by atoms with Gasteiger partial charge < -0.3 is 58.7 Å². The van der Waals surface area contributed by atoms with Gasteiger partial charge in [0.1, 0.15) is 0 Å². The molecule has 0 aliphatic rings. The second-order valence-electron chi connectivity index (χ2n) is 9.33. The number of rotatable bonds is 4. The Hall–Kier alpha value is 1.08. The van der Waals surface area contributed by atoms with E-state index in [-0.39, 0.29) is 120 Å². The molecule has 0 unspecified atom stereocenters. The van der Waals surface area contributed by atoms with Crippen LogP contribution >= 0.6 is 31.8 Å². The van der Waals surface area contributed by atoms with Crippen molar-refractivity contribution in [2.75, 3.05) is 0 Å². The molecule has 4 aromatic carbocycles. The van der Waals surface area contributed by atoms with Crippen molar-refractivity contribution in [1.82, 2.24) is 0 Å². The minimum absolute atomic E-state index is 0. The Morgan fingerprint density at radius 2 is 0.340 bits per heavy atom. The van der Waals surface area contributed by atoms with E-state index in [0.29, 0.717) is 0 Å². The Morgan fingerprint density at radius 3 is 0.420 bits per heavy atom. The quantitative estimate of drug-likeness (QED) is 0.137. The first-order valence-corrected chi connectivity index (χ1v) is 18.5. The first-order valence-electron chi connectivity index (χ1n) is 12.4. The molecule has 0 saturated carbocycles. The monoisotopic (exact) mass is 1030 g/mol. The summed E-state index contributed by atoms with van der Waals surface area (Å²) in [5.74, 6) is 0. The van der Waals surface area contributed by atoms with Gasteiger partial charge in [0.15, 0.2) is 0 Å². The molecule has 22 heteroatoms. The van der Waals surface area contributed by atoms with E-state index in [0.717, 1.165) is 22.3 Å². The van der Waals surface area contributed by atoms with E-state index >= 15 is 0 Å². The largest absolute Gasteiger partial charge is 2.00 e. The maximum Gasteiger partial charge on any atom is 2.00 e. The molecule has 50 heavy (non-hydrogen) atoms. The molecule has 0 atom stereocenters. The van der Waals surface area contributed by atoms with Gasteiger partial charge in [0.2, 0.25) is 0 Å². The van der Waals surface area contributed by atoms with Crippen LogP contribution in [0, 0.1) is 27.7 Å². The second kappa shape index (κ2) is 28.5. The van der Waals surface area contributed by atoms with E-state index in [2.05, 4.69) is 0 Å². The first-order chi connectivity index (χ1) is 20.0. The standard InChI is InChI=1S/4C7H9O3P.6Ni/c4*1-6-2-4-7(5-3-6)11(8,9)10;;;;;;/h4*2-5H,1H3,(H2,8,9,10);;;;;;/q;;;;6*+2/p-8. The maximum absolute atomic E-state index is 10.4. The first kappa shape index (κ1) is 63.0. The van der Waals surface area contributed by atoms with Gasteiger partial charge in [-0.05, 0) is 76.2 Å². The Morgan fingerprint density at radius 1 is 0.240 bits per heavy atom. The number of aryl methyl sites for hydroxylation is 4. The van der Waals surface area contributed by atoms with Crippen LogP contribution in [0.2, 0.25) is 0 Å². The Kier molecular flexibility index (Phi) is 35.9. The molecule has 0 fully saturated rings. The van der Waals surface area contributed by atoms with E-state index in [1.807, 2.05) is 27.7 Å². The predicted molar refractivity (Wildman–Crippen MR) is 151 cm³/mol. The van der Waals surface area contributed by atoms with Gasteiger partial charge in [-0.15, -0.1) is 31.8 Å². The summed E-state index contributed by atoms with van der Waals surface area (Å²) in [6.45, 7) is 7.29. The number of hydrogen-bond donors (Lipinski definition) is 0. The van der Waals surface area contributed by atoms with Crippen molar-refractivity contribution in [3.63, 3.8) is 0 Å². The van der Waals surface area contributed by atoms with Crippen molar-refractivity contribution in [3.8, 4) is 0 Å². The predicted octanol–water partition coefficient (Wildman–Crippen LogP) is -6.16. The third-order valence-electron chi connectivity index (χ3n) is 5.40. The molecule has 0 bridgehead atoms. The zero-order chi connectivity index (χ0) is 33.9. The van der Waals surface area contributed by atoms with Crippen molar-refractivity contribution in [2.45, 2.75) is 27.7 Å². The van der Waals surface area contributed by atoms with Gasteiger partial charge in [0.05, 0.1) is 21.2 Å². The molecular formula is C28H28Ni6O12P4+4. The molecule has 4 aromatic rings. The van der Waals surface area contributed by atoms with Crippen LogP contribution in [0.5, 0.6) is 0 Å². The summed E-state index contributed by atoms with van der Waals surface area (Å²) in [5, 5.41) is -0.600. The smallest absolute Gasteiger partial charge is 0.684 e. The minimum atomic E-state index is -4.54. The Bertz CT molecular complexity index is 1200. The molecule has 0 radical (unpaired) electrons. The van der Waals surface area contributed by atoms with Gasteiger partial charge in [-0.25, -0.2) is 0 Å². The van der Waals surface area contributed by atoms with Crippen molar-refractivity contribution in [1.29, 1.82) is 0 Å². The molecule has 0 aliphatic heterocycles. The SMILES string of the molecule is Cc1ccc([P+]([O-])([O-])[O-])cc1.Cc1ccc([P+]([O-])([O-])[O-])cc1.Cc1ccc([P+]([O-])([O-])[O-])cc1.Cc1ccc([P+]([O-])([O-])[O-])cc1.[Ni+2].[Ni+2].[Ni+2].[Ni+2].[Ni+2].[Ni+2]. The molecule has 4 rings (SSSR count). The maximum atomic E-state index is 10.4. The fourth-order valence-corrected chi connectivity index (χ4v) is 4.97. The van der Waals surface area contributed by atoms with Crippen LogP contribution in [0.15, 0.2) is 97.1 Å². The molecule has 12 nitrogen and oxygen atoms in total. The average molecular weight is 1030 g/mol. The molecule has 0 heterocycles. The van der Waals surface area contributed by atoms with E-state index in [9.17, 15) is 58.7 Å². The van der Waals surface area contributed by atoms with Crippen LogP contribution in [0.4, 0.5) is 0 Å². The van der Waals surface area contributed by atoms with Crippen molar-refractivity contribution < 1.29 is 158 Å². The van der Waals surface area contributed by atoms with Crippen LogP contribution in [0.25, 0.3) is 0 Å². The summed E-state index contributed by atoms with van der Waals surface area (Å²) in [6, 6.07) is 23.3. The second-order valence-corrected chi connectivity index (χ2v) is 15.4. The van der Waals surface area contributed by atoms with Gasteiger partial charge in [0.25, 0.3) is 0 Å². The fraction of sp³-hybridized carbons (Fsp3) is 0.143. The normalized spacial score (nSPS) is 10.2. The van der Waals surface area contributed by atoms with Gasteiger partial charge in [-0.2, -0.15) is 0 Å². The molecule has 0 N–H and O–H groups in total. The third-order valence-corrected chi connectivity index (χ3v) is 9.12. The van der Waals surface area contributed by atoms with Crippen molar-refractivity contribution in [2.24, 2.45) is 0 Å². The Labute approximate surface area is 354 Å². The summed E-state index contributed by atoms with van der Waals surface area (Å²) in [5.41, 5.74) is 3.73. The van der Waals surface area contributed by atoms with Crippen LogP contribution in [0.1, 0.15) is 22.3 Å². The zero-order valence-corrected chi connectivity index (χ0v) is 35.3. The summed E-state index contributed by atoms with van der Waals surface area (Å²) in [4.78, 5) is 125. The summed E-state index contributed by atoms with van der Waals surface area (Å²) < 4.78 is 0. The van der Waals surface area contributed by atoms with E-state index in [4.69, 9.17) is 0 Å². The van der Waals surface area contributed by atoms with E-state index < -0.39 is 31.8 Å². The molecular weight excluding hydrogens is 1000 g/mol. The summed E-state index contributed by atoms with van der Waals surface area (Å²) in [7, 11) is -18.2. The summed E-state index contributed by atoms with van der Waals surface area (Å²) >= 11 is 0. The average Bonchev–Trinajstić information content (AvgIpc) is 2.89. The van der Waals surface area contributed by atoms with E-state index in [1.54, 1.807) is 48.5 Å². The Balaban J connectivity index is -0.000000124. The molecule has 288 valence electrons. The number of hydrogen-bond acceptors (Lipinski definition) is 12.